The second-order valence-electron chi connectivity index (χ2n) is 22.4. The van der Waals surface area contributed by atoms with Gasteiger partial charge in [0.05, 0.1) is 25.4 Å². The number of esters is 1. The fraction of sp³-hybridized carbons (Fsp3) is 0.881. The van der Waals surface area contributed by atoms with E-state index < -0.39 is 12.1 Å². The average molecular weight is 1030 g/mol. The van der Waals surface area contributed by atoms with Crippen molar-refractivity contribution >= 4 is 11.9 Å². The third-order valence-corrected chi connectivity index (χ3v) is 15.2. The summed E-state index contributed by atoms with van der Waals surface area (Å²) in [5.41, 5.74) is 0. The van der Waals surface area contributed by atoms with Crippen molar-refractivity contribution in [3.63, 3.8) is 0 Å². The zero-order valence-electron chi connectivity index (χ0n) is 49.1. The van der Waals surface area contributed by atoms with Crippen molar-refractivity contribution in [1.82, 2.24) is 5.32 Å². The number of ether oxygens (including phenoxy) is 1. The highest BCUT2D eigenvalue weighted by Crippen LogP contribution is 2.17. The third kappa shape index (κ3) is 59.2. The van der Waals surface area contributed by atoms with E-state index in [1.54, 1.807) is 0 Å². The first-order valence-corrected chi connectivity index (χ1v) is 32.7. The van der Waals surface area contributed by atoms with Gasteiger partial charge in [-0.2, -0.15) is 0 Å². The number of rotatable bonds is 61. The Balaban J connectivity index is 3.39. The summed E-state index contributed by atoms with van der Waals surface area (Å²) in [5, 5.41) is 23.2. The Kier molecular flexibility index (Phi) is 61.0. The zero-order valence-corrected chi connectivity index (χ0v) is 49.1. The van der Waals surface area contributed by atoms with E-state index in [1.807, 2.05) is 0 Å². The molecular weight excluding hydrogens is 899 g/mol. The van der Waals surface area contributed by atoms with Crippen molar-refractivity contribution in [3.05, 3.63) is 36.5 Å². The quantitative estimate of drug-likeness (QED) is 0.0320. The smallest absolute Gasteiger partial charge is 0.305 e. The van der Waals surface area contributed by atoms with Gasteiger partial charge in [0.15, 0.2) is 0 Å². The topological polar surface area (TPSA) is 95.9 Å². The van der Waals surface area contributed by atoms with Crippen molar-refractivity contribution in [2.75, 3.05) is 13.2 Å². The van der Waals surface area contributed by atoms with Crippen LogP contribution in [0, 0.1) is 0 Å². The van der Waals surface area contributed by atoms with Crippen LogP contribution in [0.3, 0.4) is 0 Å². The largest absolute Gasteiger partial charge is 0.466 e. The highest BCUT2D eigenvalue weighted by atomic mass is 16.5. The first-order valence-electron chi connectivity index (χ1n) is 32.7. The number of aliphatic hydroxyl groups excluding tert-OH is 2. The van der Waals surface area contributed by atoms with Gasteiger partial charge in [-0.25, -0.2) is 0 Å². The van der Waals surface area contributed by atoms with E-state index in [-0.39, 0.29) is 18.5 Å². The maximum Gasteiger partial charge on any atom is 0.305 e. The molecule has 0 fully saturated rings. The highest BCUT2D eigenvalue weighted by Gasteiger charge is 2.20. The number of hydrogen-bond acceptors (Lipinski definition) is 5. The number of amides is 1. The van der Waals surface area contributed by atoms with Gasteiger partial charge >= 0.3 is 5.97 Å². The summed E-state index contributed by atoms with van der Waals surface area (Å²) < 4.78 is 5.49. The summed E-state index contributed by atoms with van der Waals surface area (Å²) in [6.07, 6.45) is 78.9. The second kappa shape index (κ2) is 62.6. The lowest BCUT2D eigenvalue weighted by molar-refractivity contribution is -0.143. The van der Waals surface area contributed by atoms with Crippen LogP contribution in [-0.2, 0) is 14.3 Å². The first kappa shape index (κ1) is 71.1. The van der Waals surface area contributed by atoms with Crippen LogP contribution < -0.4 is 5.32 Å². The SMILES string of the molecule is CCCCCCCCC/C=C\CCCCCCCC(=O)OCCCCCCCCCCC/C=C\C/C=C\CCCCCCCCCCCCCCCC(=O)NC(CO)C(O)CCCCCCCCCCCCC. The molecule has 0 aliphatic carbocycles. The van der Waals surface area contributed by atoms with Crippen LogP contribution in [0.5, 0.6) is 0 Å². The van der Waals surface area contributed by atoms with Gasteiger partial charge < -0.3 is 20.3 Å². The lowest BCUT2D eigenvalue weighted by Gasteiger charge is -2.22. The predicted octanol–water partition coefficient (Wildman–Crippen LogP) is 20.8. The number of allylic oxidation sites excluding steroid dienone is 6. The normalized spacial score (nSPS) is 12.8. The molecule has 0 spiro atoms. The molecule has 0 aromatic heterocycles. The summed E-state index contributed by atoms with van der Waals surface area (Å²) in [6.45, 7) is 4.95. The van der Waals surface area contributed by atoms with Gasteiger partial charge in [0, 0.05) is 12.8 Å². The van der Waals surface area contributed by atoms with Gasteiger partial charge in [0.2, 0.25) is 5.91 Å². The molecule has 0 aromatic carbocycles. The molecule has 0 rings (SSSR count). The molecule has 0 aromatic rings. The highest BCUT2D eigenvalue weighted by molar-refractivity contribution is 5.76. The third-order valence-electron chi connectivity index (χ3n) is 15.2. The molecule has 0 bridgehead atoms. The Morgan fingerprint density at radius 2 is 0.685 bits per heavy atom. The van der Waals surface area contributed by atoms with E-state index in [4.69, 9.17) is 4.74 Å². The first-order chi connectivity index (χ1) is 36.0. The molecule has 0 radical (unpaired) electrons. The van der Waals surface area contributed by atoms with Crippen LogP contribution in [0.25, 0.3) is 0 Å². The second-order valence-corrected chi connectivity index (χ2v) is 22.4. The maximum atomic E-state index is 12.4. The Labute approximate surface area is 455 Å². The Morgan fingerprint density at radius 3 is 1.05 bits per heavy atom. The van der Waals surface area contributed by atoms with Crippen LogP contribution >= 0.6 is 0 Å². The average Bonchev–Trinajstić information content (AvgIpc) is 3.39. The summed E-state index contributed by atoms with van der Waals surface area (Å²) in [4.78, 5) is 24.5. The minimum absolute atomic E-state index is 0.00472. The van der Waals surface area contributed by atoms with Gasteiger partial charge in [-0.3, -0.25) is 9.59 Å². The van der Waals surface area contributed by atoms with Gasteiger partial charge in [0.1, 0.15) is 0 Å². The lowest BCUT2D eigenvalue weighted by Crippen LogP contribution is -2.45. The minimum Gasteiger partial charge on any atom is -0.466 e. The number of carbonyl (C=O) groups excluding carboxylic acids is 2. The van der Waals surface area contributed by atoms with Crippen LogP contribution in [0.4, 0.5) is 0 Å². The van der Waals surface area contributed by atoms with Crippen molar-refractivity contribution < 1.29 is 24.5 Å². The molecule has 0 aliphatic heterocycles. The maximum absolute atomic E-state index is 12.4. The molecule has 0 aliphatic rings. The fourth-order valence-corrected chi connectivity index (χ4v) is 10.1. The minimum atomic E-state index is -0.664. The Bertz CT molecular complexity index is 1180. The lowest BCUT2D eigenvalue weighted by atomic mass is 10.0. The van der Waals surface area contributed by atoms with E-state index in [2.05, 4.69) is 55.6 Å². The summed E-state index contributed by atoms with van der Waals surface area (Å²) in [6, 6.07) is -0.541. The Hall–Kier alpha value is -1.92. The van der Waals surface area contributed by atoms with Gasteiger partial charge in [-0.15, -0.1) is 0 Å². The number of nitrogens with one attached hydrogen (secondary N) is 1. The van der Waals surface area contributed by atoms with Crippen LogP contribution in [0.15, 0.2) is 36.5 Å². The van der Waals surface area contributed by atoms with E-state index in [1.165, 1.54) is 270 Å². The molecule has 6 nitrogen and oxygen atoms in total. The number of unbranched alkanes of at least 4 members (excludes halogenated alkanes) is 44. The van der Waals surface area contributed by atoms with Crippen molar-refractivity contribution in [3.8, 4) is 0 Å². The number of aliphatic hydroxyl groups is 2. The molecule has 0 saturated heterocycles. The Morgan fingerprint density at radius 1 is 0.384 bits per heavy atom. The van der Waals surface area contributed by atoms with Crippen molar-refractivity contribution in [1.29, 1.82) is 0 Å². The predicted molar refractivity (Wildman–Crippen MR) is 319 cm³/mol. The molecular formula is C67H127NO5. The molecule has 2 atom stereocenters. The summed E-state index contributed by atoms with van der Waals surface area (Å²) in [7, 11) is 0. The molecule has 2 unspecified atom stereocenters. The van der Waals surface area contributed by atoms with Crippen LogP contribution in [0.1, 0.15) is 354 Å². The molecule has 1 amide bonds. The van der Waals surface area contributed by atoms with Crippen LogP contribution in [-0.4, -0.2) is 47.4 Å². The van der Waals surface area contributed by atoms with E-state index in [9.17, 15) is 19.8 Å². The zero-order chi connectivity index (χ0) is 52.9. The summed E-state index contributed by atoms with van der Waals surface area (Å²) >= 11 is 0. The summed E-state index contributed by atoms with van der Waals surface area (Å²) in [5.74, 6) is -0.0314. The van der Waals surface area contributed by atoms with Crippen LogP contribution in [0.2, 0.25) is 0 Å². The molecule has 0 saturated carbocycles. The number of hydrogen-bond donors (Lipinski definition) is 3. The van der Waals surface area contributed by atoms with Gasteiger partial charge in [-0.1, -0.05) is 294 Å². The molecule has 430 valence electrons. The van der Waals surface area contributed by atoms with E-state index in [0.717, 1.165) is 51.4 Å². The van der Waals surface area contributed by atoms with E-state index in [0.29, 0.717) is 25.9 Å². The van der Waals surface area contributed by atoms with E-state index >= 15 is 0 Å². The molecule has 6 heteroatoms. The van der Waals surface area contributed by atoms with Crippen molar-refractivity contribution in [2.24, 2.45) is 0 Å². The number of carbonyl (C=O) groups is 2. The molecule has 3 N–H and O–H groups in total. The fourth-order valence-electron chi connectivity index (χ4n) is 10.1. The molecule has 73 heavy (non-hydrogen) atoms. The standard InChI is InChI=1S/C67H127NO5/c1-3-5-7-9-11-13-15-16-17-34-37-41-45-49-53-57-61-67(72)73-62-58-54-50-46-42-38-35-32-30-28-26-24-22-20-18-19-21-23-25-27-29-31-33-36-40-44-48-52-56-60-66(71)68-64(63-69)65(70)59-55-51-47-43-39-14-12-10-8-6-4-2/h17-18,20,24,26,34,64-65,69-70H,3-16,19,21-23,25,27-33,35-63H2,1-2H3,(H,68,71)/b20-18-,26-24-,34-17-. The van der Waals surface area contributed by atoms with Gasteiger partial charge in [0.25, 0.3) is 0 Å². The van der Waals surface area contributed by atoms with Crippen molar-refractivity contribution in [2.45, 2.75) is 366 Å². The monoisotopic (exact) mass is 1030 g/mol. The molecule has 0 heterocycles. The van der Waals surface area contributed by atoms with Gasteiger partial charge in [-0.05, 0) is 83.5 Å².